The fourth-order valence-corrected chi connectivity index (χ4v) is 5.17. The Kier molecular flexibility index (Phi) is 13.7. The molecular weight excluding hydrogens is 686 g/mol. The van der Waals surface area contributed by atoms with E-state index >= 15 is 0 Å². The Morgan fingerprint density at radius 3 is 1.66 bits per heavy atom. The van der Waals surface area contributed by atoms with Gasteiger partial charge in [-0.05, 0) is 112 Å². The van der Waals surface area contributed by atoms with Crippen LogP contribution < -0.4 is 5.32 Å². The van der Waals surface area contributed by atoms with Crippen LogP contribution in [0.25, 0.3) is 16.5 Å². The number of imide groups is 1. The fourth-order valence-electron chi connectivity index (χ4n) is 5.17. The Labute approximate surface area is 312 Å². The van der Waals surface area contributed by atoms with Gasteiger partial charge in [0.25, 0.3) is 0 Å². The second kappa shape index (κ2) is 16.4. The van der Waals surface area contributed by atoms with Crippen LogP contribution in [0, 0.1) is 5.92 Å². The zero-order valence-electron chi connectivity index (χ0n) is 34.1. The van der Waals surface area contributed by atoms with Gasteiger partial charge in [-0.25, -0.2) is 24.0 Å². The van der Waals surface area contributed by atoms with Crippen molar-refractivity contribution in [3.05, 3.63) is 41.2 Å². The highest BCUT2D eigenvalue weighted by molar-refractivity contribution is 6.03. The van der Waals surface area contributed by atoms with Gasteiger partial charge in [0.2, 0.25) is 5.91 Å². The summed E-state index contributed by atoms with van der Waals surface area (Å²) in [7, 11) is 1.20. The molecule has 14 heteroatoms. The number of ether oxygens (including phenoxy) is 5. The van der Waals surface area contributed by atoms with E-state index in [0.29, 0.717) is 32.5 Å². The number of fused-ring (bicyclic) bond motifs is 1. The van der Waals surface area contributed by atoms with Gasteiger partial charge >= 0.3 is 30.2 Å². The summed E-state index contributed by atoms with van der Waals surface area (Å²) in [4.78, 5) is 81.0. The zero-order chi connectivity index (χ0) is 41.0. The number of methoxy groups -OCH3 is 1. The Morgan fingerprint density at radius 1 is 0.755 bits per heavy atom. The van der Waals surface area contributed by atoms with Crippen LogP contribution in [0.4, 0.5) is 14.4 Å². The maximum Gasteiger partial charge on any atom is 0.420 e. The summed E-state index contributed by atoms with van der Waals surface area (Å²) in [6, 6.07) is 3.38. The molecule has 1 aromatic heterocycles. The summed E-state index contributed by atoms with van der Waals surface area (Å²) in [5, 5.41) is 3.03. The predicted molar refractivity (Wildman–Crippen MR) is 199 cm³/mol. The highest BCUT2D eigenvalue weighted by atomic mass is 16.6. The molecule has 1 atom stereocenters. The fraction of sp³-hybridized carbons (Fsp3) is 0.590. The third kappa shape index (κ3) is 12.9. The molecule has 3 amide bonds. The van der Waals surface area contributed by atoms with Gasteiger partial charge < -0.3 is 29.0 Å². The van der Waals surface area contributed by atoms with Crippen molar-refractivity contribution in [2.75, 3.05) is 7.11 Å². The molecule has 0 spiro atoms. The lowest BCUT2D eigenvalue weighted by Crippen LogP contribution is -2.54. The number of esters is 2. The molecule has 0 aliphatic carbocycles. The number of nitrogens with one attached hydrogen (secondary N) is 1. The van der Waals surface area contributed by atoms with Gasteiger partial charge in [-0.15, -0.1) is 0 Å². The van der Waals surface area contributed by atoms with Gasteiger partial charge in [0.15, 0.2) is 0 Å². The van der Waals surface area contributed by atoms with Crippen LogP contribution in [0.5, 0.6) is 0 Å². The van der Waals surface area contributed by atoms with E-state index in [-0.39, 0.29) is 18.0 Å². The van der Waals surface area contributed by atoms with Crippen molar-refractivity contribution in [1.29, 1.82) is 0 Å². The second-order valence-electron chi connectivity index (χ2n) is 16.9. The first-order valence-corrected chi connectivity index (χ1v) is 17.4. The topological polar surface area (TPSA) is 169 Å². The number of rotatable bonds is 8. The largest absolute Gasteiger partial charge is 0.464 e. The maximum absolute atomic E-state index is 14.0. The van der Waals surface area contributed by atoms with Crippen LogP contribution in [-0.4, -0.2) is 81.1 Å². The first kappa shape index (κ1) is 44.3. The molecule has 1 heterocycles. The Bertz CT molecular complexity index is 1730. The Hall–Kier alpha value is -4.88. The summed E-state index contributed by atoms with van der Waals surface area (Å²) in [6.45, 7) is 24.7. The van der Waals surface area contributed by atoms with Gasteiger partial charge in [-0.1, -0.05) is 26.0 Å². The minimum Gasteiger partial charge on any atom is -0.464 e. The van der Waals surface area contributed by atoms with E-state index < -0.39 is 64.6 Å². The second-order valence-corrected chi connectivity index (χ2v) is 16.9. The molecule has 0 saturated heterocycles. The molecule has 0 radical (unpaired) electrons. The number of aromatic nitrogens is 1. The third-order valence-electron chi connectivity index (χ3n) is 6.91. The van der Waals surface area contributed by atoms with Crippen LogP contribution in [0.2, 0.25) is 0 Å². The van der Waals surface area contributed by atoms with Crippen LogP contribution in [0.15, 0.2) is 30.1 Å². The zero-order valence-corrected chi connectivity index (χ0v) is 34.1. The van der Waals surface area contributed by atoms with Gasteiger partial charge in [-0.2, -0.15) is 4.90 Å². The van der Waals surface area contributed by atoms with Crippen molar-refractivity contribution < 1.29 is 52.5 Å². The van der Waals surface area contributed by atoms with Crippen LogP contribution >= 0.6 is 0 Å². The highest BCUT2D eigenvalue weighted by Gasteiger charge is 2.43. The normalized spacial score (nSPS) is 13.5. The minimum absolute atomic E-state index is 0.0692. The molecule has 2 aromatic rings. The lowest BCUT2D eigenvalue weighted by atomic mass is 9.91. The van der Waals surface area contributed by atoms with Crippen molar-refractivity contribution in [1.82, 2.24) is 14.8 Å². The highest BCUT2D eigenvalue weighted by Crippen LogP contribution is 2.33. The monoisotopic (exact) mass is 743 g/mol. The Morgan fingerprint density at radius 2 is 1.25 bits per heavy atom. The van der Waals surface area contributed by atoms with Crippen LogP contribution in [0.1, 0.15) is 115 Å². The number of carbonyl (C=O) groups excluding carboxylic acids is 6. The van der Waals surface area contributed by atoms with Crippen molar-refractivity contribution in [3.63, 3.8) is 0 Å². The average molecular weight is 744 g/mol. The van der Waals surface area contributed by atoms with Crippen LogP contribution in [-0.2, 0) is 44.5 Å². The van der Waals surface area contributed by atoms with E-state index in [1.807, 2.05) is 13.8 Å². The molecule has 0 saturated carbocycles. The smallest absolute Gasteiger partial charge is 0.420 e. The molecule has 1 aromatic carbocycles. The van der Waals surface area contributed by atoms with E-state index in [9.17, 15) is 28.8 Å². The summed E-state index contributed by atoms with van der Waals surface area (Å²) < 4.78 is 28.9. The molecule has 1 N–H and O–H groups in total. The van der Waals surface area contributed by atoms with Crippen LogP contribution in [0.3, 0.4) is 0 Å². The van der Waals surface area contributed by atoms with Gasteiger partial charge in [0.1, 0.15) is 34.1 Å². The van der Waals surface area contributed by atoms with E-state index in [4.69, 9.17) is 23.7 Å². The molecule has 0 bridgehead atoms. The van der Waals surface area contributed by atoms with E-state index in [1.165, 1.54) is 24.8 Å². The van der Waals surface area contributed by atoms with Gasteiger partial charge in [0.05, 0.1) is 12.6 Å². The lowest BCUT2D eigenvalue weighted by Gasteiger charge is -2.33. The number of carbonyl (C=O) groups is 6. The Balaban J connectivity index is 3.04. The molecule has 53 heavy (non-hydrogen) atoms. The molecular formula is C39H57N3O11. The van der Waals surface area contributed by atoms with E-state index in [0.717, 1.165) is 0 Å². The number of nitrogens with zero attached hydrogens (tertiary/aromatic N) is 2. The molecule has 2 rings (SSSR count). The number of allylic oxidation sites excluding steroid dienone is 1. The van der Waals surface area contributed by atoms with E-state index in [2.05, 4.69) is 5.32 Å². The molecule has 294 valence electrons. The molecule has 0 unspecified atom stereocenters. The van der Waals surface area contributed by atoms with Crippen molar-refractivity contribution >= 4 is 52.6 Å². The third-order valence-corrected chi connectivity index (χ3v) is 6.91. The summed E-state index contributed by atoms with van der Waals surface area (Å²) >= 11 is 0. The number of benzene rings is 1. The first-order valence-electron chi connectivity index (χ1n) is 17.4. The molecule has 0 aliphatic heterocycles. The first-order chi connectivity index (χ1) is 23.9. The number of hydrogen-bond acceptors (Lipinski definition) is 11. The summed E-state index contributed by atoms with van der Waals surface area (Å²) in [6.07, 6.45) is -1.91. The van der Waals surface area contributed by atoms with Crippen molar-refractivity contribution in [2.24, 2.45) is 5.92 Å². The SMILES string of the molecule is COC(=O)/C(NC(C)=O)=C(/c1ccc2c(C[C@@H](C(=O)OC(C)(C)C)N(C(=O)OC(C)(C)C)C(=O)OC(C)(C)C)cn(C(=O)OC(C)(C)C)c2c1)C(C)C. The van der Waals surface area contributed by atoms with Gasteiger partial charge in [0, 0.05) is 24.9 Å². The summed E-state index contributed by atoms with van der Waals surface area (Å²) in [5.41, 5.74) is -2.53. The average Bonchev–Trinajstić information content (AvgIpc) is 3.29. The number of amides is 3. The molecule has 0 aliphatic rings. The number of hydrogen-bond donors (Lipinski definition) is 1. The standard InChI is InChI=1S/C39H57N3O11/c1-22(2)29(30(32(45)49-16)40-23(3)43)24-17-18-26-25(21-41(27(26)19-24)33(46)51-37(7,8)9)20-28(31(44)50-36(4,5)6)42(34(47)52-38(10,11)12)35(48)53-39(13,14)15/h17-19,21-22,28H,20H2,1-16H3,(H,40,43)/b30-29-/t28-/m0/s1. The van der Waals surface area contributed by atoms with Gasteiger partial charge in [-0.3, -0.25) is 9.36 Å². The molecule has 14 nitrogen and oxygen atoms in total. The lowest BCUT2D eigenvalue weighted by molar-refractivity contribution is -0.161. The summed E-state index contributed by atoms with van der Waals surface area (Å²) in [5.74, 6) is -2.49. The molecule has 0 fully saturated rings. The maximum atomic E-state index is 14.0. The van der Waals surface area contributed by atoms with Crippen molar-refractivity contribution in [2.45, 2.75) is 139 Å². The minimum atomic E-state index is -1.62. The predicted octanol–water partition coefficient (Wildman–Crippen LogP) is 7.53. The van der Waals surface area contributed by atoms with Crippen molar-refractivity contribution in [3.8, 4) is 0 Å². The quantitative estimate of drug-likeness (QED) is 0.161. The van der Waals surface area contributed by atoms with E-state index in [1.54, 1.807) is 101 Å².